The number of anilines is 1. The Balaban J connectivity index is 1.79. The van der Waals surface area contributed by atoms with Gasteiger partial charge >= 0.3 is 0 Å². The van der Waals surface area contributed by atoms with Gasteiger partial charge in [0.05, 0.1) is 10.6 Å². The van der Waals surface area contributed by atoms with Gasteiger partial charge in [-0.15, -0.1) is 0 Å². The van der Waals surface area contributed by atoms with Gasteiger partial charge in [-0.25, -0.2) is 8.42 Å². The van der Waals surface area contributed by atoms with Gasteiger partial charge in [0.1, 0.15) is 12.6 Å². The number of carbonyl (C=O) groups excluding carboxylic acids is 2. The summed E-state index contributed by atoms with van der Waals surface area (Å²) in [6.45, 7) is 5.33. The molecule has 0 heterocycles. The molecule has 218 valence electrons. The predicted molar refractivity (Wildman–Crippen MR) is 167 cm³/mol. The summed E-state index contributed by atoms with van der Waals surface area (Å²) in [7, 11) is -2.59. The first-order valence-corrected chi connectivity index (χ1v) is 15.3. The topological polar surface area (TPSA) is 86.8 Å². The molecular formula is C34H37N3O4S. The summed E-state index contributed by atoms with van der Waals surface area (Å²) < 4.78 is 29.3. The molecule has 4 aromatic carbocycles. The van der Waals surface area contributed by atoms with Gasteiger partial charge in [0, 0.05) is 20.0 Å². The van der Waals surface area contributed by atoms with Crippen molar-refractivity contribution in [2.45, 2.75) is 44.7 Å². The van der Waals surface area contributed by atoms with E-state index >= 15 is 0 Å². The monoisotopic (exact) mass is 583 g/mol. The number of benzene rings is 4. The maximum absolute atomic E-state index is 14.3. The number of para-hydroxylation sites is 1. The molecule has 0 saturated carbocycles. The minimum atomic E-state index is -4.13. The summed E-state index contributed by atoms with van der Waals surface area (Å²) in [5, 5.41) is 2.71. The first kappa shape index (κ1) is 30.5. The average molecular weight is 584 g/mol. The Morgan fingerprint density at radius 2 is 1.31 bits per heavy atom. The standard InChI is InChI=1S/C34H37N3O4S/c1-25-14-18-29(19-15-25)23-36(32(34(39)35-4)22-28-11-6-5-7-12-28)33(38)24-37(31-13-9-8-10-27(31)3)42(40,41)30-20-16-26(2)17-21-30/h5-21,32H,22-24H2,1-4H3,(H,35,39). The van der Waals surface area contributed by atoms with Crippen molar-refractivity contribution in [2.75, 3.05) is 17.9 Å². The minimum Gasteiger partial charge on any atom is -0.357 e. The van der Waals surface area contributed by atoms with Crippen molar-refractivity contribution >= 4 is 27.5 Å². The second-order valence-electron chi connectivity index (χ2n) is 10.4. The average Bonchev–Trinajstić information content (AvgIpc) is 2.99. The van der Waals surface area contributed by atoms with Crippen LogP contribution in [0.15, 0.2) is 108 Å². The second-order valence-corrected chi connectivity index (χ2v) is 12.3. The third kappa shape index (κ3) is 7.25. The van der Waals surface area contributed by atoms with E-state index in [0.29, 0.717) is 11.3 Å². The van der Waals surface area contributed by atoms with E-state index in [4.69, 9.17) is 0 Å². The lowest BCUT2D eigenvalue weighted by atomic mass is 10.0. The van der Waals surface area contributed by atoms with Crippen molar-refractivity contribution < 1.29 is 18.0 Å². The van der Waals surface area contributed by atoms with Crippen molar-refractivity contribution in [3.8, 4) is 0 Å². The quantitative estimate of drug-likeness (QED) is 0.263. The van der Waals surface area contributed by atoms with Crippen LogP contribution < -0.4 is 9.62 Å². The fraction of sp³-hybridized carbons (Fsp3) is 0.235. The van der Waals surface area contributed by atoms with E-state index in [2.05, 4.69) is 5.32 Å². The van der Waals surface area contributed by atoms with E-state index in [1.807, 2.05) is 87.5 Å². The normalized spacial score (nSPS) is 11.9. The number of nitrogens with zero attached hydrogens (tertiary/aromatic N) is 2. The van der Waals surface area contributed by atoms with Gasteiger partial charge < -0.3 is 10.2 Å². The van der Waals surface area contributed by atoms with Gasteiger partial charge in [-0.05, 0) is 55.7 Å². The number of carbonyl (C=O) groups is 2. The molecule has 0 fully saturated rings. The third-order valence-corrected chi connectivity index (χ3v) is 9.04. The minimum absolute atomic E-state index is 0.0846. The lowest BCUT2D eigenvalue weighted by Crippen LogP contribution is -2.53. The van der Waals surface area contributed by atoms with Crippen molar-refractivity contribution in [1.82, 2.24) is 10.2 Å². The molecule has 0 radical (unpaired) electrons. The van der Waals surface area contributed by atoms with Crippen LogP contribution in [-0.2, 0) is 32.6 Å². The van der Waals surface area contributed by atoms with E-state index in [0.717, 1.165) is 26.6 Å². The van der Waals surface area contributed by atoms with Crippen molar-refractivity contribution in [3.05, 3.63) is 131 Å². The molecule has 0 aliphatic carbocycles. The molecule has 7 nitrogen and oxygen atoms in total. The highest BCUT2D eigenvalue weighted by atomic mass is 32.2. The number of sulfonamides is 1. The molecule has 1 N–H and O–H groups in total. The molecule has 0 aromatic heterocycles. The second kappa shape index (κ2) is 13.5. The smallest absolute Gasteiger partial charge is 0.264 e. The fourth-order valence-corrected chi connectivity index (χ4v) is 6.28. The highest BCUT2D eigenvalue weighted by Gasteiger charge is 2.34. The zero-order chi connectivity index (χ0) is 30.3. The highest BCUT2D eigenvalue weighted by molar-refractivity contribution is 7.92. The first-order chi connectivity index (χ1) is 20.1. The van der Waals surface area contributed by atoms with Gasteiger partial charge in [0.2, 0.25) is 11.8 Å². The molecule has 1 unspecified atom stereocenters. The van der Waals surface area contributed by atoms with E-state index in [1.54, 1.807) is 36.4 Å². The lowest BCUT2D eigenvalue weighted by Gasteiger charge is -2.34. The van der Waals surface area contributed by atoms with Gasteiger partial charge in [-0.1, -0.05) is 96.1 Å². The van der Waals surface area contributed by atoms with Crippen molar-refractivity contribution in [2.24, 2.45) is 0 Å². The SMILES string of the molecule is CNC(=O)C(Cc1ccccc1)N(Cc1ccc(C)cc1)C(=O)CN(c1ccccc1C)S(=O)(=O)c1ccc(C)cc1. The lowest BCUT2D eigenvalue weighted by molar-refractivity contribution is -0.139. The van der Waals surface area contributed by atoms with Crippen molar-refractivity contribution in [1.29, 1.82) is 0 Å². The Morgan fingerprint density at radius 3 is 1.90 bits per heavy atom. The van der Waals surface area contributed by atoms with Crippen molar-refractivity contribution in [3.63, 3.8) is 0 Å². The number of hydrogen-bond acceptors (Lipinski definition) is 4. The maximum atomic E-state index is 14.3. The van der Waals surface area contributed by atoms with Crippen LogP contribution in [0.1, 0.15) is 27.8 Å². The van der Waals surface area contributed by atoms with Crippen LogP contribution in [0.25, 0.3) is 0 Å². The fourth-order valence-electron chi connectivity index (χ4n) is 4.80. The number of nitrogens with one attached hydrogen (secondary N) is 1. The molecule has 42 heavy (non-hydrogen) atoms. The van der Waals surface area contributed by atoms with Crippen LogP contribution in [0.2, 0.25) is 0 Å². The molecule has 0 bridgehead atoms. The summed E-state index contributed by atoms with van der Waals surface area (Å²) in [4.78, 5) is 29.2. The Hall–Kier alpha value is -4.43. The molecule has 0 aliphatic rings. The highest BCUT2D eigenvalue weighted by Crippen LogP contribution is 2.28. The Labute approximate surface area is 248 Å². The molecule has 2 amide bonds. The van der Waals surface area contributed by atoms with E-state index in [-0.39, 0.29) is 23.8 Å². The maximum Gasteiger partial charge on any atom is 0.264 e. The number of amides is 2. The zero-order valence-electron chi connectivity index (χ0n) is 24.4. The van der Waals surface area contributed by atoms with Gasteiger partial charge in [0.25, 0.3) is 10.0 Å². The van der Waals surface area contributed by atoms with Crippen LogP contribution in [0.5, 0.6) is 0 Å². The van der Waals surface area contributed by atoms with Gasteiger partial charge in [0.15, 0.2) is 0 Å². The number of likely N-dealkylation sites (N-methyl/N-ethyl adjacent to an activating group) is 1. The molecule has 4 aromatic rings. The molecular weight excluding hydrogens is 546 g/mol. The Morgan fingerprint density at radius 1 is 0.738 bits per heavy atom. The Kier molecular flexibility index (Phi) is 9.80. The summed E-state index contributed by atoms with van der Waals surface area (Å²) in [6.07, 6.45) is 0.271. The van der Waals surface area contributed by atoms with Crippen LogP contribution in [0.4, 0.5) is 5.69 Å². The van der Waals surface area contributed by atoms with E-state index in [9.17, 15) is 18.0 Å². The molecule has 8 heteroatoms. The number of rotatable bonds is 11. The van der Waals surface area contributed by atoms with Crippen LogP contribution in [-0.4, -0.2) is 44.8 Å². The molecule has 0 spiro atoms. The molecule has 4 rings (SSSR count). The van der Waals surface area contributed by atoms with Crippen LogP contribution >= 0.6 is 0 Å². The van der Waals surface area contributed by atoms with E-state index < -0.39 is 28.5 Å². The Bertz CT molecular complexity index is 1620. The van der Waals surface area contributed by atoms with Gasteiger partial charge in [-0.2, -0.15) is 0 Å². The molecule has 0 aliphatic heterocycles. The predicted octanol–water partition coefficient (Wildman–Crippen LogP) is 5.19. The molecule has 0 saturated heterocycles. The summed E-state index contributed by atoms with van der Waals surface area (Å²) in [6, 6.07) is 30.0. The summed E-state index contributed by atoms with van der Waals surface area (Å²) in [5.41, 5.74) is 4.82. The number of aryl methyl sites for hydroxylation is 3. The summed E-state index contributed by atoms with van der Waals surface area (Å²) >= 11 is 0. The largest absolute Gasteiger partial charge is 0.357 e. The van der Waals surface area contributed by atoms with Crippen LogP contribution in [0, 0.1) is 20.8 Å². The van der Waals surface area contributed by atoms with E-state index in [1.165, 1.54) is 11.9 Å². The molecule has 1 atom stereocenters. The van der Waals surface area contributed by atoms with Crippen LogP contribution in [0.3, 0.4) is 0 Å². The zero-order valence-corrected chi connectivity index (χ0v) is 25.3. The van der Waals surface area contributed by atoms with Gasteiger partial charge in [-0.3, -0.25) is 13.9 Å². The third-order valence-electron chi connectivity index (χ3n) is 7.26. The number of hydrogen-bond donors (Lipinski definition) is 1. The first-order valence-electron chi connectivity index (χ1n) is 13.9. The summed E-state index contributed by atoms with van der Waals surface area (Å²) in [5.74, 6) is -0.817.